The zero-order valence-electron chi connectivity index (χ0n) is 9.59. The fourth-order valence-corrected chi connectivity index (χ4v) is 2.69. The summed E-state index contributed by atoms with van der Waals surface area (Å²) in [6, 6.07) is 11.5. The van der Waals surface area contributed by atoms with Gasteiger partial charge < -0.3 is 20.9 Å². The Hall–Kier alpha value is -2.36. The molecule has 2 aromatic rings. The van der Waals surface area contributed by atoms with Crippen LogP contribution in [0.5, 0.6) is 11.5 Å². The molecule has 4 N–H and O–H groups in total. The number of nitrogen functional groups attached to an aromatic ring is 2. The predicted molar refractivity (Wildman–Crippen MR) is 68.6 cm³/mol. The van der Waals surface area contributed by atoms with Crippen LogP contribution >= 0.6 is 0 Å². The standard InChI is InChI=1S/C14H12N2O2/c15-7-1-3-9-11(5-7)17-14-13(9)10-4-2-8(16)6-12(10)18-14/h1-6,13-14H,15-16H2. The van der Waals surface area contributed by atoms with Crippen molar-refractivity contribution in [3.05, 3.63) is 47.5 Å². The van der Waals surface area contributed by atoms with Gasteiger partial charge in [-0.25, -0.2) is 0 Å². The molecular weight excluding hydrogens is 228 g/mol. The molecule has 0 saturated heterocycles. The Balaban J connectivity index is 1.88. The van der Waals surface area contributed by atoms with Gasteiger partial charge in [-0.1, -0.05) is 12.1 Å². The van der Waals surface area contributed by atoms with E-state index in [9.17, 15) is 0 Å². The van der Waals surface area contributed by atoms with Crippen LogP contribution in [0, 0.1) is 0 Å². The van der Waals surface area contributed by atoms with Crippen LogP contribution in [0.25, 0.3) is 0 Å². The van der Waals surface area contributed by atoms with Crippen molar-refractivity contribution in [2.45, 2.75) is 12.2 Å². The first-order valence-corrected chi connectivity index (χ1v) is 5.84. The molecule has 2 heterocycles. The summed E-state index contributed by atoms with van der Waals surface area (Å²) < 4.78 is 11.6. The molecule has 90 valence electrons. The van der Waals surface area contributed by atoms with Crippen LogP contribution in [0.15, 0.2) is 36.4 Å². The second kappa shape index (κ2) is 3.10. The number of hydrogen-bond donors (Lipinski definition) is 2. The van der Waals surface area contributed by atoms with Gasteiger partial charge in [-0.2, -0.15) is 0 Å². The van der Waals surface area contributed by atoms with Crippen LogP contribution in [-0.4, -0.2) is 6.29 Å². The molecule has 0 bridgehead atoms. The first kappa shape index (κ1) is 9.65. The highest BCUT2D eigenvalue weighted by Gasteiger charge is 2.43. The van der Waals surface area contributed by atoms with E-state index in [0.717, 1.165) is 22.6 Å². The molecule has 0 amide bonds. The summed E-state index contributed by atoms with van der Waals surface area (Å²) in [5, 5.41) is 0. The molecule has 0 atom stereocenters. The van der Waals surface area contributed by atoms with Crippen LogP contribution in [0.3, 0.4) is 0 Å². The Morgan fingerprint density at radius 1 is 0.778 bits per heavy atom. The molecule has 0 radical (unpaired) electrons. The van der Waals surface area contributed by atoms with Gasteiger partial charge in [0.25, 0.3) is 6.29 Å². The minimum absolute atomic E-state index is 0.121. The first-order chi connectivity index (χ1) is 8.72. The summed E-state index contributed by atoms with van der Waals surface area (Å²) in [6.07, 6.45) is -0.293. The Morgan fingerprint density at radius 2 is 1.28 bits per heavy atom. The van der Waals surface area contributed by atoms with E-state index in [0.29, 0.717) is 11.4 Å². The predicted octanol–water partition coefficient (Wildman–Crippen LogP) is 2.09. The van der Waals surface area contributed by atoms with Gasteiger partial charge in [-0.15, -0.1) is 0 Å². The van der Waals surface area contributed by atoms with Gasteiger partial charge in [0.1, 0.15) is 11.5 Å². The Labute approximate surface area is 104 Å². The van der Waals surface area contributed by atoms with Crippen LogP contribution < -0.4 is 20.9 Å². The molecule has 4 nitrogen and oxygen atoms in total. The number of anilines is 2. The quantitative estimate of drug-likeness (QED) is 0.692. The van der Waals surface area contributed by atoms with E-state index in [4.69, 9.17) is 20.9 Å². The lowest BCUT2D eigenvalue weighted by Gasteiger charge is -2.08. The van der Waals surface area contributed by atoms with Crippen molar-refractivity contribution in [1.29, 1.82) is 0 Å². The number of hydrogen-bond acceptors (Lipinski definition) is 4. The summed E-state index contributed by atoms with van der Waals surface area (Å²) in [6.45, 7) is 0. The van der Waals surface area contributed by atoms with Gasteiger partial charge in [-0.05, 0) is 12.1 Å². The third kappa shape index (κ3) is 1.14. The Kier molecular flexibility index (Phi) is 1.66. The van der Waals surface area contributed by atoms with E-state index >= 15 is 0 Å². The lowest BCUT2D eigenvalue weighted by Crippen LogP contribution is -2.19. The normalized spacial score (nSPS) is 22.7. The van der Waals surface area contributed by atoms with E-state index < -0.39 is 0 Å². The topological polar surface area (TPSA) is 70.5 Å². The monoisotopic (exact) mass is 240 g/mol. The molecule has 2 aliphatic rings. The van der Waals surface area contributed by atoms with Gasteiger partial charge in [0.05, 0.1) is 5.92 Å². The molecule has 4 rings (SSSR count). The van der Waals surface area contributed by atoms with Crippen molar-refractivity contribution in [3.8, 4) is 11.5 Å². The zero-order chi connectivity index (χ0) is 12.3. The summed E-state index contributed by atoms with van der Waals surface area (Å²) in [5.74, 6) is 1.75. The van der Waals surface area contributed by atoms with Gasteiger partial charge >= 0.3 is 0 Å². The summed E-state index contributed by atoms with van der Waals surface area (Å²) >= 11 is 0. The molecule has 0 spiro atoms. The lowest BCUT2D eigenvalue weighted by atomic mass is 9.93. The molecule has 0 aliphatic carbocycles. The van der Waals surface area contributed by atoms with Crippen molar-refractivity contribution in [2.75, 3.05) is 11.5 Å². The van der Waals surface area contributed by atoms with Gasteiger partial charge in [0.15, 0.2) is 0 Å². The summed E-state index contributed by atoms with van der Waals surface area (Å²) in [5.41, 5.74) is 15.2. The number of ether oxygens (including phenoxy) is 2. The molecule has 2 aromatic carbocycles. The summed E-state index contributed by atoms with van der Waals surface area (Å²) in [4.78, 5) is 0. The van der Waals surface area contributed by atoms with Gasteiger partial charge in [0, 0.05) is 34.6 Å². The minimum atomic E-state index is -0.293. The average molecular weight is 240 g/mol. The molecule has 0 aromatic heterocycles. The zero-order valence-corrected chi connectivity index (χ0v) is 9.59. The highest BCUT2D eigenvalue weighted by molar-refractivity contribution is 5.60. The van der Waals surface area contributed by atoms with Gasteiger partial charge in [0.2, 0.25) is 0 Å². The average Bonchev–Trinajstić information content (AvgIpc) is 2.82. The highest BCUT2D eigenvalue weighted by atomic mass is 16.7. The number of fused-ring (bicyclic) bond motifs is 5. The molecule has 18 heavy (non-hydrogen) atoms. The highest BCUT2D eigenvalue weighted by Crippen LogP contribution is 2.50. The molecule has 2 aliphatic heterocycles. The molecule has 0 saturated carbocycles. The van der Waals surface area contributed by atoms with Crippen molar-refractivity contribution >= 4 is 11.4 Å². The van der Waals surface area contributed by atoms with Crippen molar-refractivity contribution in [1.82, 2.24) is 0 Å². The van der Waals surface area contributed by atoms with Gasteiger partial charge in [-0.3, -0.25) is 0 Å². The van der Waals surface area contributed by atoms with Crippen molar-refractivity contribution in [3.63, 3.8) is 0 Å². The second-order valence-electron chi connectivity index (χ2n) is 4.68. The Morgan fingerprint density at radius 3 is 1.78 bits per heavy atom. The Bertz CT molecular complexity index is 599. The third-order valence-electron chi connectivity index (χ3n) is 3.50. The summed E-state index contributed by atoms with van der Waals surface area (Å²) in [7, 11) is 0. The fraction of sp³-hybridized carbons (Fsp3) is 0.143. The van der Waals surface area contributed by atoms with E-state index in [2.05, 4.69) is 0 Å². The number of rotatable bonds is 0. The van der Waals surface area contributed by atoms with Crippen LogP contribution in [0.2, 0.25) is 0 Å². The van der Waals surface area contributed by atoms with E-state index in [1.54, 1.807) is 0 Å². The van der Waals surface area contributed by atoms with Crippen LogP contribution in [0.1, 0.15) is 17.0 Å². The second-order valence-corrected chi connectivity index (χ2v) is 4.68. The fourth-order valence-electron chi connectivity index (χ4n) is 2.69. The number of nitrogens with two attached hydrogens (primary N) is 2. The van der Waals surface area contributed by atoms with Crippen molar-refractivity contribution in [2.24, 2.45) is 0 Å². The molecule has 0 unspecified atom stereocenters. The van der Waals surface area contributed by atoms with E-state index in [1.165, 1.54) is 0 Å². The number of benzene rings is 2. The third-order valence-corrected chi connectivity index (χ3v) is 3.50. The van der Waals surface area contributed by atoms with Crippen LogP contribution in [0.4, 0.5) is 11.4 Å². The maximum Gasteiger partial charge on any atom is 0.252 e. The van der Waals surface area contributed by atoms with Crippen molar-refractivity contribution < 1.29 is 9.47 Å². The smallest absolute Gasteiger partial charge is 0.252 e. The SMILES string of the molecule is Nc1ccc2c(c1)OC1Oc3cc(N)ccc3C21. The molecule has 0 fully saturated rings. The minimum Gasteiger partial charge on any atom is -0.453 e. The van der Waals surface area contributed by atoms with Crippen LogP contribution in [-0.2, 0) is 0 Å². The maximum atomic E-state index is 5.79. The first-order valence-electron chi connectivity index (χ1n) is 5.84. The largest absolute Gasteiger partial charge is 0.453 e. The maximum absolute atomic E-state index is 5.79. The molecular formula is C14H12N2O2. The van der Waals surface area contributed by atoms with E-state index in [1.807, 2.05) is 36.4 Å². The lowest BCUT2D eigenvalue weighted by molar-refractivity contribution is 0.0330. The van der Waals surface area contributed by atoms with E-state index in [-0.39, 0.29) is 12.2 Å². The molecule has 4 heteroatoms.